The Labute approximate surface area is 152 Å². The number of rotatable bonds is 6. The molecule has 0 fully saturated rings. The number of carbonyl (C=O) groups is 2. The summed E-state index contributed by atoms with van der Waals surface area (Å²) >= 11 is 0. The second-order valence-corrected chi connectivity index (χ2v) is 6.64. The number of hydrogen-bond donors (Lipinski definition) is 1. The molecule has 0 saturated heterocycles. The maximum atomic E-state index is 12.9. The van der Waals surface area contributed by atoms with Gasteiger partial charge < -0.3 is 15.0 Å². The molecule has 1 aliphatic rings. The number of fused-ring (bicyclic) bond motifs is 1. The van der Waals surface area contributed by atoms with Gasteiger partial charge in [0.15, 0.2) is 0 Å². The summed E-state index contributed by atoms with van der Waals surface area (Å²) in [5.74, 6) is 0.0273. The molecule has 3 rings (SSSR count). The molecular formula is C19H24N4O3. The first kappa shape index (κ1) is 18.0. The van der Waals surface area contributed by atoms with Crippen LogP contribution in [0.5, 0.6) is 5.75 Å². The number of aromatic nitrogens is 2. The maximum absolute atomic E-state index is 12.9. The van der Waals surface area contributed by atoms with Gasteiger partial charge in [0.2, 0.25) is 11.8 Å². The van der Waals surface area contributed by atoms with Gasteiger partial charge in [0.1, 0.15) is 5.75 Å². The molecule has 0 bridgehead atoms. The monoisotopic (exact) mass is 356 g/mol. The van der Waals surface area contributed by atoms with Gasteiger partial charge in [-0.05, 0) is 42.2 Å². The van der Waals surface area contributed by atoms with Crippen molar-refractivity contribution in [2.24, 2.45) is 7.05 Å². The summed E-state index contributed by atoms with van der Waals surface area (Å²) in [7, 11) is 5.27. The Hall–Kier alpha value is -2.83. The third kappa shape index (κ3) is 3.87. The van der Waals surface area contributed by atoms with E-state index in [4.69, 9.17) is 4.74 Å². The summed E-state index contributed by atoms with van der Waals surface area (Å²) in [5, 5.41) is 6.98. The van der Waals surface area contributed by atoms with Crippen LogP contribution >= 0.6 is 0 Å². The highest BCUT2D eigenvalue weighted by Gasteiger charge is 2.32. The van der Waals surface area contributed by atoms with E-state index in [2.05, 4.69) is 10.4 Å². The molecule has 2 heterocycles. The minimum absolute atomic E-state index is 0.0412. The van der Waals surface area contributed by atoms with E-state index in [1.54, 1.807) is 35.9 Å². The third-order valence-corrected chi connectivity index (χ3v) is 4.69. The molecule has 7 nitrogen and oxygen atoms in total. The molecule has 2 aromatic rings. The number of likely N-dealkylation sites (N-methyl/N-ethyl adjacent to an activating group) is 1. The Morgan fingerprint density at radius 2 is 2.27 bits per heavy atom. The Balaban J connectivity index is 1.67. The van der Waals surface area contributed by atoms with Crippen molar-refractivity contribution in [3.63, 3.8) is 0 Å². The molecule has 0 radical (unpaired) electrons. The number of ether oxygens (including phenoxy) is 1. The smallest absolute Gasteiger partial charge is 0.230 e. The summed E-state index contributed by atoms with van der Waals surface area (Å²) < 4.78 is 7.04. The Morgan fingerprint density at radius 1 is 1.46 bits per heavy atom. The summed E-state index contributed by atoms with van der Waals surface area (Å²) in [6.07, 6.45) is 5.69. The molecule has 1 aliphatic heterocycles. The van der Waals surface area contributed by atoms with Crippen molar-refractivity contribution in [1.29, 1.82) is 0 Å². The van der Waals surface area contributed by atoms with Crippen molar-refractivity contribution in [3.8, 4) is 5.75 Å². The van der Waals surface area contributed by atoms with E-state index in [0.29, 0.717) is 18.0 Å². The second kappa shape index (κ2) is 7.59. The van der Waals surface area contributed by atoms with Gasteiger partial charge in [0, 0.05) is 38.9 Å². The van der Waals surface area contributed by atoms with Crippen LogP contribution in [0, 0.1) is 0 Å². The lowest BCUT2D eigenvalue weighted by atomic mass is 9.89. The number of anilines is 1. The van der Waals surface area contributed by atoms with Gasteiger partial charge in [-0.15, -0.1) is 0 Å². The number of benzene rings is 1. The van der Waals surface area contributed by atoms with Crippen LogP contribution in [0.4, 0.5) is 5.69 Å². The van der Waals surface area contributed by atoms with Crippen LogP contribution < -0.4 is 10.1 Å². The summed E-state index contributed by atoms with van der Waals surface area (Å²) in [6.45, 7) is 0.630. The van der Waals surface area contributed by atoms with E-state index in [-0.39, 0.29) is 18.2 Å². The topological polar surface area (TPSA) is 76.5 Å². The van der Waals surface area contributed by atoms with E-state index in [1.807, 2.05) is 25.5 Å². The lowest BCUT2D eigenvalue weighted by molar-refractivity contribution is -0.133. The predicted octanol–water partition coefficient (Wildman–Crippen LogP) is 1.95. The molecule has 26 heavy (non-hydrogen) atoms. The zero-order valence-corrected chi connectivity index (χ0v) is 15.4. The number of hydrogen-bond acceptors (Lipinski definition) is 4. The van der Waals surface area contributed by atoms with Gasteiger partial charge in [-0.2, -0.15) is 5.10 Å². The van der Waals surface area contributed by atoms with E-state index >= 15 is 0 Å². The minimum Gasteiger partial charge on any atom is -0.497 e. The van der Waals surface area contributed by atoms with E-state index < -0.39 is 5.92 Å². The number of amides is 2. The van der Waals surface area contributed by atoms with Gasteiger partial charge in [0.25, 0.3) is 0 Å². The lowest BCUT2D eigenvalue weighted by Gasteiger charge is -2.29. The Bertz CT molecular complexity index is 815. The minimum atomic E-state index is -0.475. The molecule has 2 amide bonds. The quantitative estimate of drug-likeness (QED) is 0.858. The van der Waals surface area contributed by atoms with Gasteiger partial charge >= 0.3 is 0 Å². The van der Waals surface area contributed by atoms with Crippen LogP contribution in [-0.2, 0) is 23.1 Å². The predicted molar refractivity (Wildman–Crippen MR) is 98.1 cm³/mol. The number of nitrogens with one attached hydrogen (secondary N) is 1. The molecule has 1 atom stereocenters. The molecule has 138 valence electrons. The fraction of sp³-hybridized carbons (Fsp3) is 0.421. The summed E-state index contributed by atoms with van der Waals surface area (Å²) in [6, 6.07) is 5.40. The average Bonchev–Trinajstić information content (AvgIpc) is 3.05. The van der Waals surface area contributed by atoms with Gasteiger partial charge in [-0.25, -0.2) is 0 Å². The molecule has 0 saturated carbocycles. The molecule has 1 N–H and O–H groups in total. The zero-order valence-electron chi connectivity index (χ0n) is 15.4. The molecule has 0 unspecified atom stereocenters. The van der Waals surface area contributed by atoms with Crippen molar-refractivity contribution in [1.82, 2.24) is 14.7 Å². The third-order valence-electron chi connectivity index (χ3n) is 4.69. The van der Waals surface area contributed by atoms with E-state index in [1.165, 1.54) is 0 Å². The largest absolute Gasteiger partial charge is 0.497 e. The summed E-state index contributed by atoms with van der Waals surface area (Å²) in [5.41, 5.74) is 2.65. The van der Waals surface area contributed by atoms with Crippen molar-refractivity contribution in [3.05, 3.63) is 41.7 Å². The average molecular weight is 356 g/mol. The fourth-order valence-electron chi connectivity index (χ4n) is 3.28. The fourth-order valence-corrected chi connectivity index (χ4v) is 3.28. The van der Waals surface area contributed by atoms with Crippen molar-refractivity contribution >= 4 is 17.5 Å². The molecular weight excluding hydrogens is 332 g/mol. The molecule has 0 aliphatic carbocycles. The second-order valence-electron chi connectivity index (χ2n) is 6.64. The Morgan fingerprint density at radius 3 is 2.96 bits per heavy atom. The SMILES string of the molecule is COc1ccc2c(c1)[C@@H](C(=O)N(C)CCCc1cnn(C)c1)CC(=O)N2. The normalized spacial score (nSPS) is 16.0. The first-order chi connectivity index (χ1) is 12.5. The van der Waals surface area contributed by atoms with Crippen LogP contribution in [0.3, 0.4) is 0 Å². The molecule has 0 spiro atoms. The van der Waals surface area contributed by atoms with Crippen LogP contribution in [0.2, 0.25) is 0 Å². The van der Waals surface area contributed by atoms with E-state index in [0.717, 1.165) is 24.0 Å². The first-order valence-electron chi connectivity index (χ1n) is 8.68. The van der Waals surface area contributed by atoms with Crippen molar-refractivity contribution in [2.45, 2.75) is 25.2 Å². The van der Waals surface area contributed by atoms with Gasteiger partial charge in [-0.3, -0.25) is 14.3 Å². The molecule has 1 aromatic heterocycles. The maximum Gasteiger partial charge on any atom is 0.230 e. The molecule has 1 aromatic carbocycles. The highest BCUT2D eigenvalue weighted by Crippen LogP contribution is 2.35. The van der Waals surface area contributed by atoms with Crippen LogP contribution in [0.1, 0.15) is 29.9 Å². The lowest BCUT2D eigenvalue weighted by Crippen LogP contribution is -2.37. The highest BCUT2D eigenvalue weighted by molar-refractivity contribution is 6.01. The van der Waals surface area contributed by atoms with E-state index in [9.17, 15) is 9.59 Å². The molecule has 7 heteroatoms. The van der Waals surface area contributed by atoms with Gasteiger partial charge in [0.05, 0.1) is 19.2 Å². The van der Waals surface area contributed by atoms with Crippen molar-refractivity contribution < 1.29 is 14.3 Å². The standard InChI is InChI=1S/C19H24N4O3/c1-22(8-4-5-13-11-20-23(2)12-13)19(25)16-10-18(24)21-17-7-6-14(26-3)9-15(16)17/h6-7,9,11-12,16H,4-5,8,10H2,1-3H3,(H,21,24)/t16-/m0/s1. The number of aryl methyl sites for hydroxylation is 2. The summed E-state index contributed by atoms with van der Waals surface area (Å²) in [4.78, 5) is 26.6. The Kier molecular flexibility index (Phi) is 5.25. The first-order valence-corrected chi connectivity index (χ1v) is 8.68. The number of carbonyl (C=O) groups excluding carboxylic acids is 2. The van der Waals surface area contributed by atoms with Crippen molar-refractivity contribution in [2.75, 3.05) is 26.0 Å². The number of methoxy groups -OCH3 is 1. The highest BCUT2D eigenvalue weighted by atomic mass is 16.5. The number of nitrogens with zero attached hydrogens (tertiary/aromatic N) is 3. The van der Waals surface area contributed by atoms with Crippen LogP contribution in [0.15, 0.2) is 30.6 Å². The van der Waals surface area contributed by atoms with Gasteiger partial charge in [-0.1, -0.05) is 0 Å². The van der Waals surface area contributed by atoms with Crippen LogP contribution in [-0.4, -0.2) is 47.2 Å². The zero-order chi connectivity index (χ0) is 18.7. The van der Waals surface area contributed by atoms with Crippen LogP contribution in [0.25, 0.3) is 0 Å².